The van der Waals surface area contributed by atoms with Crippen molar-refractivity contribution in [1.29, 1.82) is 0 Å². The predicted octanol–water partition coefficient (Wildman–Crippen LogP) is 3.81. The molecular weight excluding hydrogens is 384 g/mol. The van der Waals surface area contributed by atoms with Gasteiger partial charge in [-0.1, -0.05) is 37.4 Å². The maximum atomic E-state index is 12.2. The number of nitrogens with one attached hydrogen (secondary N) is 2. The fourth-order valence-corrected chi connectivity index (χ4v) is 4.77. The van der Waals surface area contributed by atoms with E-state index in [0.717, 1.165) is 17.8 Å². The number of hydrogen-bond acceptors (Lipinski definition) is 7. The summed E-state index contributed by atoms with van der Waals surface area (Å²) in [5.41, 5.74) is 0.798. The Morgan fingerprint density at radius 3 is 2.93 bits per heavy atom. The Kier molecular flexibility index (Phi) is 6.89. The number of thiophene rings is 1. The highest BCUT2D eigenvalue weighted by atomic mass is 32.2. The molecule has 2 heterocycles. The molecule has 0 bridgehead atoms. The topological polar surface area (TPSA) is 97.0 Å². The van der Waals surface area contributed by atoms with E-state index in [1.807, 2.05) is 6.92 Å². The zero-order valence-corrected chi connectivity index (χ0v) is 17.2. The zero-order chi connectivity index (χ0) is 19.2. The summed E-state index contributed by atoms with van der Waals surface area (Å²) in [4.78, 5) is 29.0. The minimum Gasteiger partial charge on any atom is -0.462 e. The molecule has 146 valence electrons. The first-order valence-corrected chi connectivity index (χ1v) is 11.0. The van der Waals surface area contributed by atoms with Crippen LogP contribution in [0.2, 0.25) is 0 Å². The van der Waals surface area contributed by atoms with Crippen LogP contribution < -0.4 is 5.32 Å². The Hall–Kier alpha value is -1.87. The van der Waals surface area contributed by atoms with E-state index >= 15 is 0 Å². The molecule has 1 fully saturated rings. The Morgan fingerprint density at radius 2 is 2.19 bits per heavy atom. The molecule has 7 nitrogen and oxygen atoms in total. The van der Waals surface area contributed by atoms with Crippen molar-refractivity contribution in [2.75, 3.05) is 17.7 Å². The van der Waals surface area contributed by atoms with Gasteiger partial charge in [-0.15, -0.1) is 16.4 Å². The van der Waals surface area contributed by atoms with Crippen LogP contribution in [0.4, 0.5) is 5.00 Å². The van der Waals surface area contributed by atoms with E-state index in [0.29, 0.717) is 27.6 Å². The van der Waals surface area contributed by atoms with Gasteiger partial charge in [-0.05, 0) is 31.4 Å². The quantitative estimate of drug-likeness (QED) is 0.509. The Balaban J connectivity index is 1.48. The van der Waals surface area contributed by atoms with Crippen molar-refractivity contribution in [2.24, 2.45) is 5.92 Å². The lowest BCUT2D eigenvalue weighted by Crippen LogP contribution is -2.13. The lowest BCUT2D eigenvalue weighted by molar-refractivity contribution is -0.113. The number of aromatic amines is 1. The van der Waals surface area contributed by atoms with Crippen molar-refractivity contribution in [3.05, 3.63) is 22.3 Å². The molecule has 1 amide bonds. The Morgan fingerprint density at radius 1 is 1.41 bits per heavy atom. The van der Waals surface area contributed by atoms with Gasteiger partial charge in [0.2, 0.25) is 11.1 Å². The second kappa shape index (κ2) is 9.36. The molecule has 1 aliphatic rings. The molecule has 2 N–H and O–H groups in total. The van der Waals surface area contributed by atoms with Gasteiger partial charge in [0.05, 0.1) is 17.4 Å². The molecule has 0 atom stereocenters. The fourth-order valence-electron chi connectivity index (χ4n) is 3.17. The van der Waals surface area contributed by atoms with Crippen molar-refractivity contribution in [2.45, 2.75) is 51.1 Å². The third kappa shape index (κ3) is 5.55. The molecule has 2 aromatic rings. The molecule has 0 aromatic carbocycles. The van der Waals surface area contributed by atoms with Gasteiger partial charge in [0.15, 0.2) is 0 Å². The number of carbonyl (C=O) groups is 2. The normalized spacial score (nSPS) is 14.4. The maximum absolute atomic E-state index is 12.2. The molecule has 0 radical (unpaired) electrons. The van der Waals surface area contributed by atoms with Gasteiger partial charge in [0.25, 0.3) is 0 Å². The number of aromatic nitrogens is 3. The molecule has 0 saturated heterocycles. The highest BCUT2D eigenvalue weighted by molar-refractivity contribution is 7.99. The standard InChI is InChI=1S/C18H24N4O3S2/c1-3-25-17(24)16-11(2)8-15(27-16)20-14(23)10-26-18-19-13(21-22-18)9-12-6-4-5-7-12/h8,12H,3-7,9-10H2,1-2H3,(H,20,23)(H,19,21,22). The van der Waals surface area contributed by atoms with Crippen LogP contribution in [-0.4, -0.2) is 39.4 Å². The van der Waals surface area contributed by atoms with Gasteiger partial charge < -0.3 is 10.1 Å². The van der Waals surface area contributed by atoms with E-state index < -0.39 is 0 Å². The first-order valence-electron chi connectivity index (χ1n) is 9.16. The lowest BCUT2D eigenvalue weighted by atomic mass is 10.0. The number of amides is 1. The van der Waals surface area contributed by atoms with Crippen molar-refractivity contribution >= 4 is 40.0 Å². The fraction of sp³-hybridized carbons (Fsp3) is 0.556. The lowest BCUT2D eigenvalue weighted by Gasteiger charge is -2.04. The van der Waals surface area contributed by atoms with E-state index in [4.69, 9.17) is 4.74 Å². The molecule has 9 heteroatoms. The number of aryl methyl sites for hydroxylation is 1. The van der Waals surface area contributed by atoms with Crippen molar-refractivity contribution in [3.8, 4) is 0 Å². The first-order chi connectivity index (χ1) is 13.0. The summed E-state index contributed by atoms with van der Waals surface area (Å²) in [7, 11) is 0. The van der Waals surface area contributed by atoms with Crippen LogP contribution in [-0.2, 0) is 16.0 Å². The van der Waals surface area contributed by atoms with Gasteiger partial charge in [0, 0.05) is 6.42 Å². The van der Waals surface area contributed by atoms with Crippen LogP contribution in [0, 0.1) is 12.8 Å². The number of H-pyrrole nitrogens is 1. The number of hydrogen-bond donors (Lipinski definition) is 2. The highest BCUT2D eigenvalue weighted by Crippen LogP contribution is 2.28. The number of ether oxygens (including phenoxy) is 1. The average Bonchev–Trinajstić information content (AvgIpc) is 3.36. The number of anilines is 1. The molecule has 2 aromatic heterocycles. The van der Waals surface area contributed by atoms with Crippen LogP contribution >= 0.6 is 23.1 Å². The molecule has 3 rings (SSSR count). The molecule has 1 saturated carbocycles. The molecule has 0 spiro atoms. The maximum Gasteiger partial charge on any atom is 0.348 e. The molecule has 0 unspecified atom stereocenters. The number of thioether (sulfide) groups is 1. The third-order valence-corrected chi connectivity index (χ3v) is 6.42. The minimum atomic E-state index is -0.356. The highest BCUT2D eigenvalue weighted by Gasteiger charge is 2.18. The number of esters is 1. The summed E-state index contributed by atoms with van der Waals surface area (Å²) in [6.07, 6.45) is 6.07. The summed E-state index contributed by atoms with van der Waals surface area (Å²) in [6, 6.07) is 1.78. The van der Waals surface area contributed by atoms with Crippen molar-refractivity contribution in [3.63, 3.8) is 0 Å². The Bertz CT molecular complexity index is 796. The van der Waals surface area contributed by atoms with Crippen LogP contribution in [0.3, 0.4) is 0 Å². The van der Waals surface area contributed by atoms with Crippen LogP contribution in [0.1, 0.15) is 53.7 Å². The van der Waals surface area contributed by atoms with Gasteiger partial charge in [-0.3, -0.25) is 9.89 Å². The van der Waals surface area contributed by atoms with Crippen LogP contribution in [0.5, 0.6) is 0 Å². The van der Waals surface area contributed by atoms with E-state index in [-0.39, 0.29) is 17.6 Å². The van der Waals surface area contributed by atoms with E-state index in [9.17, 15) is 9.59 Å². The molecule has 27 heavy (non-hydrogen) atoms. The van der Waals surface area contributed by atoms with Gasteiger partial charge in [-0.2, -0.15) is 0 Å². The van der Waals surface area contributed by atoms with Gasteiger partial charge >= 0.3 is 5.97 Å². The summed E-state index contributed by atoms with van der Waals surface area (Å²) in [5.74, 6) is 1.31. The van der Waals surface area contributed by atoms with Crippen LogP contribution in [0.25, 0.3) is 0 Å². The second-order valence-corrected chi connectivity index (χ2v) is 8.59. The monoisotopic (exact) mass is 408 g/mol. The van der Waals surface area contributed by atoms with Crippen molar-refractivity contribution < 1.29 is 14.3 Å². The third-order valence-electron chi connectivity index (χ3n) is 4.44. The number of carbonyl (C=O) groups excluding carboxylic acids is 2. The molecule has 0 aliphatic heterocycles. The number of nitrogens with zero attached hydrogens (tertiary/aromatic N) is 2. The van der Waals surface area contributed by atoms with E-state index in [2.05, 4.69) is 20.5 Å². The summed E-state index contributed by atoms with van der Waals surface area (Å²) >= 11 is 2.53. The SMILES string of the molecule is CCOC(=O)c1sc(NC(=O)CSc2n[nH]c(CC3CCCC3)n2)cc1C. The summed E-state index contributed by atoms with van der Waals surface area (Å²) < 4.78 is 5.02. The molecular formula is C18H24N4O3S2. The van der Waals surface area contributed by atoms with Gasteiger partial charge in [0.1, 0.15) is 10.7 Å². The zero-order valence-electron chi connectivity index (χ0n) is 15.5. The summed E-state index contributed by atoms with van der Waals surface area (Å²) in [5, 5.41) is 11.2. The first kappa shape index (κ1) is 19.9. The summed E-state index contributed by atoms with van der Waals surface area (Å²) in [6.45, 7) is 3.92. The van der Waals surface area contributed by atoms with Gasteiger partial charge in [-0.25, -0.2) is 9.78 Å². The number of rotatable bonds is 8. The van der Waals surface area contributed by atoms with Crippen molar-refractivity contribution in [1.82, 2.24) is 15.2 Å². The average molecular weight is 409 g/mol. The van der Waals surface area contributed by atoms with E-state index in [1.165, 1.54) is 48.8 Å². The predicted molar refractivity (Wildman–Crippen MR) is 106 cm³/mol. The smallest absolute Gasteiger partial charge is 0.348 e. The minimum absolute atomic E-state index is 0.154. The molecule has 1 aliphatic carbocycles. The second-order valence-electron chi connectivity index (χ2n) is 6.60. The van der Waals surface area contributed by atoms with Crippen LogP contribution in [0.15, 0.2) is 11.2 Å². The van der Waals surface area contributed by atoms with E-state index in [1.54, 1.807) is 13.0 Å². The Labute approximate surface area is 166 Å². The largest absolute Gasteiger partial charge is 0.462 e.